The SMILES string of the molecule is Cc1nn(Cc2ccccc2Cl)c(C)c1/C=C/C(=O)OC[C@@H]1CC1(Cl)Cl. The number of halogens is 3. The minimum absolute atomic E-state index is 0.0185. The minimum atomic E-state index is -0.739. The summed E-state index contributed by atoms with van der Waals surface area (Å²) in [6, 6.07) is 7.67. The van der Waals surface area contributed by atoms with Crippen LogP contribution >= 0.6 is 34.8 Å². The van der Waals surface area contributed by atoms with Gasteiger partial charge in [0.15, 0.2) is 0 Å². The van der Waals surface area contributed by atoms with Crippen molar-refractivity contribution < 1.29 is 9.53 Å². The first-order valence-electron chi connectivity index (χ1n) is 8.28. The molecular weight excluding hydrogens is 395 g/mol. The second-order valence-corrected chi connectivity index (χ2v) is 8.41. The largest absolute Gasteiger partial charge is 0.462 e. The van der Waals surface area contributed by atoms with Crippen molar-refractivity contribution in [2.45, 2.75) is 31.1 Å². The molecule has 138 valence electrons. The average molecular weight is 414 g/mol. The molecule has 3 rings (SSSR count). The zero-order valence-corrected chi connectivity index (χ0v) is 16.8. The van der Waals surface area contributed by atoms with Crippen molar-refractivity contribution in [1.29, 1.82) is 0 Å². The second-order valence-electron chi connectivity index (χ2n) is 6.46. The molecule has 0 unspecified atom stereocenters. The molecule has 1 aromatic heterocycles. The van der Waals surface area contributed by atoms with E-state index in [1.165, 1.54) is 6.08 Å². The van der Waals surface area contributed by atoms with Crippen LogP contribution in [0.25, 0.3) is 6.08 Å². The minimum Gasteiger partial charge on any atom is -0.462 e. The molecule has 0 amide bonds. The fraction of sp³-hybridized carbons (Fsp3) is 0.368. The van der Waals surface area contributed by atoms with Crippen molar-refractivity contribution in [3.05, 3.63) is 57.9 Å². The topological polar surface area (TPSA) is 44.1 Å². The van der Waals surface area contributed by atoms with Gasteiger partial charge in [0.2, 0.25) is 0 Å². The molecule has 26 heavy (non-hydrogen) atoms. The molecule has 0 radical (unpaired) electrons. The fourth-order valence-corrected chi connectivity index (χ4v) is 3.42. The number of carbonyl (C=O) groups excluding carboxylic acids is 1. The summed E-state index contributed by atoms with van der Waals surface area (Å²) in [5.41, 5.74) is 3.67. The summed E-state index contributed by atoms with van der Waals surface area (Å²) in [5, 5.41) is 5.25. The summed E-state index contributed by atoms with van der Waals surface area (Å²) in [5.74, 6) is -0.399. The number of aryl methyl sites for hydroxylation is 1. The molecule has 0 aliphatic heterocycles. The van der Waals surface area contributed by atoms with E-state index < -0.39 is 10.3 Å². The maximum atomic E-state index is 11.9. The van der Waals surface area contributed by atoms with Gasteiger partial charge in [0.1, 0.15) is 4.33 Å². The quantitative estimate of drug-likeness (QED) is 0.382. The van der Waals surface area contributed by atoms with Crippen LogP contribution in [0.5, 0.6) is 0 Å². The standard InChI is InChI=1S/C19H19Cl3N2O2/c1-12-16(7-8-18(25)26-11-15-9-19(15,21)22)13(2)24(23-12)10-14-5-3-4-6-17(14)20/h3-8,15H,9-11H2,1-2H3/b8-7+/t15-/m0/s1. The molecule has 1 atom stereocenters. The summed E-state index contributed by atoms with van der Waals surface area (Å²) >= 11 is 18.1. The van der Waals surface area contributed by atoms with Gasteiger partial charge in [-0.15, -0.1) is 23.2 Å². The number of ether oxygens (including phenoxy) is 1. The van der Waals surface area contributed by atoms with Gasteiger partial charge in [0.05, 0.1) is 18.8 Å². The van der Waals surface area contributed by atoms with E-state index >= 15 is 0 Å². The third kappa shape index (κ3) is 4.43. The number of aromatic nitrogens is 2. The van der Waals surface area contributed by atoms with Crippen LogP contribution in [0.1, 0.15) is 28.9 Å². The maximum Gasteiger partial charge on any atom is 0.330 e. The van der Waals surface area contributed by atoms with E-state index in [1.807, 2.05) is 42.8 Å². The van der Waals surface area contributed by atoms with Crippen LogP contribution in [0.15, 0.2) is 30.3 Å². The lowest BCUT2D eigenvalue weighted by Crippen LogP contribution is -2.07. The van der Waals surface area contributed by atoms with E-state index in [0.717, 1.165) is 22.5 Å². The van der Waals surface area contributed by atoms with Crippen LogP contribution in [-0.2, 0) is 16.1 Å². The summed E-state index contributed by atoms with van der Waals surface area (Å²) in [6.07, 6.45) is 3.79. The predicted molar refractivity (Wildman–Crippen MR) is 105 cm³/mol. The van der Waals surface area contributed by atoms with Gasteiger partial charge in [0.25, 0.3) is 0 Å². The Hall–Kier alpha value is -1.49. The van der Waals surface area contributed by atoms with E-state index in [1.54, 1.807) is 6.08 Å². The van der Waals surface area contributed by atoms with Crippen molar-refractivity contribution in [1.82, 2.24) is 9.78 Å². The van der Waals surface area contributed by atoms with Crippen LogP contribution in [0.2, 0.25) is 5.02 Å². The lowest BCUT2D eigenvalue weighted by atomic mass is 10.1. The molecule has 0 spiro atoms. The van der Waals surface area contributed by atoms with Crippen molar-refractivity contribution >= 4 is 46.8 Å². The molecule has 4 nitrogen and oxygen atoms in total. The predicted octanol–water partition coefficient (Wildman–Crippen LogP) is 4.95. The normalized spacial score (nSPS) is 18.3. The fourth-order valence-electron chi connectivity index (χ4n) is 2.73. The number of rotatable bonds is 6. The van der Waals surface area contributed by atoms with E-state index in [9.17, 15) is 4.79 Å². The highest BCUT2D eigenvalue weighted by molar-refractivity contribution is 6.50. The number of hydrogen-bond donors (Lipinski definition) is 0. The molecule has 0 saturated heterocycles. The van der Waals surface area contributed by atoms with Gasteiger partial charge in [-0.25, -0.2) is 4.79 Å². The summed E-state index contributed by atoms with van der Waals surface area (Å²) in [7, 11) is 0. The zero-order valence-electron chi connectivity index (χ0n) is 14.5. The van der Waals surface area contributed by atoms with Crippen molar-refractivity contribution in [2.75, 3.05) is 6.61 Å². The first-order chi connectivity index (χ1) is 12.3. The van der Waals surface area contributed by atoms with Crippen molar-refractivity contribution in [3.8, 4) is 0 Å². The Morgan fingerprint density at radius 1 is 1.38 bits per heavy atom. The van der Waals surface area contributed by atoms with Gasteiger partial charge in [-0.05, 0) is 38.0 Å². The first kappa shape index (κ1) is 19.3. The van der Waals surface area contributed by atoms with Gasteiger partial charge in [-0.1, -0.05) is 29.8 Å². The number of carbonyl (C=O) groups is 1. The van der Waals surface area contributed by atoms with Gasteiger partial charge < -0.3 is 4.74 Å². The Bertz CT molecular complexity index is 858. The van der Waals surface area contributed by atoms with E-state index in [0.29, 0.717) is 18.0 Å². The Morgan fingerprint density at radius 3 is 2.73 bits per heavy atom. The Balaban J connectivity index is 1.66. The molecule has 1 aromatic carbocycles. The Kier molecular flexibility index (Phi) is 5.66. The number of nitrogens with zero attached hydrogens (tertiary/aromatic N) is 2. The number of esters is 1. The average Bonchev–Trinajstić information content (AvgIpc) is 3.11. The lowest BCUT2D eigenvalue weighted by Gasteiger charge is -2.06. The molecule has 1 saturated carbocycles. The molecule has 0 bridgehead atoms. The second kappa shape index (κ2) is 7.63. The van der Waals surface area contributed by atoms with Gasteiger partial charge >= 0.3 is 5.97 Å². The summed E-state index contributed by atoms with van der Waals surface area (Å²) < 4.78 is 6.32. The molecule has 2 aromatic rings. The summed E-state index contributed by atoms with van der Waals surface area (Å²) in [4.78, 5) is 11.9. The highest BCUT2D eigenvalue weighted by Gasteiger charge is 2.52. The van der Waals surface area contributed by atoms with Gasteiger partial charge in [-0.2, -0.15) is 5.10 Å². The third-order valence-electron chi connectivity index (χ3n) is 4.48. The molecule has 0 N–H and O–H groups in total. The number of hydrogen-bond acceptors (Lipinski definition) is 3. The highest BCUT2D eigenvalue weighted by atomic mass is 35.5. The molecule has 1 heterocycles. The third-order valence-corrected chi connectivity index (χ3v) is 5.78. The Morgan fingerprint density at radius 2 is 2.08 bits per heavy atom. The molecule has 7 heteroatoms. The molecular formula is C19H19Cl3N2O2. The van der Waals surface area contributed by atoms with Crippen LogP contribution < -0.4 is 0 Å². The first-order valence-corrected chi connectivity index (χ1v) is 9.41. The smallest absolute Gasteiger partial charge is 0.330 e. The molecule has 1 fully saturated rings. The molecule has 1 aliphatic carbocycles. The van der Waals surface area contributed by atoms with Crippen LogP contribution in [-0.4, -0.2) is 26.7 Å². The van der Waals surface area contributed by atoms with E-state index in [4.69, 9.17) is 39.5 Å². The van der Waals surface area contributed by atoms with Crippen molar-refractivity contribution in [2.24, 2.45) is 5.92 Å². The van der Waals surface area contributed by atoms with Crippen LogP contribution in [0.4, 0.5) is 0 Å². The number of benzene rings is 1. The van der Waals surface area contributed by atoms with Crippen LogP contribution in [0.3, 0.4) is 0 Å². The highest BCUT2D eigenvalue weighted by Crippen LogP contribution is 2.53. The van der Waals surface area contributed by atoms with Gasteiger partial charge in [-0.3, -0.25) is 4.68 Å². The van der Waals surface area contributed by atoms with E-state index in [2.05, 4.69) is 5.10 Å². The van der Waals surface area contributed by atoms with Gasteiger partial charge in [0, 0.05) is 28.3 Å². The summed E-state index contributed by atoms with van der Waals surface area (Å²) in [6.45, 7) is 4.67. The zero-order chi connectivity index (χ0) is 18.9. The lowest BCUT2D eigenvalue weighted by molar-refractivity contribution is -0.138. The van der Waals surface area contributed by atoms with E-state index in [-0.39, 0.29) is 12.5 Å². The van der Waals surface area contributed by atoms with Crippen molar-refractivity contribution in [3.63, 3.8) is 0 Å². The number of alkyl halides is 2. The van der Waals surface area contributed by atoms with Crippen LogP contribution in [0, 0.1) is 19.8 Å². The molecule has 1 aliphatic rings. The maximum absolute atomic E-state index is 11.9. The monoisotopic (exact) mass is 412 g/mol. The Labute approximate surface area is 167 Å².